The highest BCUT2D eigenvalue weighted by Gasteiger charge is 2.18. The summed E-state index contributed by atoms with van der Waals surface area (Å²) in [6.07, 6.45) is 0.339. The van der Waals surface area contributed by atoms with Crippen LogP contribution in [0.3, 0.4) is 0 Å². The zero-order chi connectivity index (χ0) is 17.4. The molecule has 0 aromatic heterocycles. The van der Waals surface area contributed by atoms with Gasteiger partial charge in [-0.1, -0.05) is 54.1 Å². The Morgan fingerprint density at radius 3 is 2.12 bits per heavy atom. The third kappa shape index (κ3) is 5.70. The van der Waals surface area contributed by atoms with Gasteiger partial charge in [-0.05, 0) is 23.3 Å². The number of hydrogen-bond donors (Lipinski definition) is 2. The number of benzene rings is 2. The van der Waals surface area contributed by atoms with Crippen LogP contribution in [-0.2, 0) is 9.59 Å². The van der Waals surface area contributed by atoms with E-state index in [0.29, 0.717) is 24.5 Å². The van der Waals surface area contributed by atoms with Gasteiger partial charge in [0.05, 0.1) is 0 Å². The molecule has 1 atom stereocenters. The summed E-state index contributed by atoms with van der Waals surface area (Å²) in [6.45, 7) is 2.30. The monoisotopic (exact) mass is 344 g/mol. The Hall–Kier alpha value is -2.33. The highest BCUT2D eigenvalue weighted by molar-refractivity contribution is 6.30. The van der Waals surface area contributed by atoms with Gasteiger partial charge in [0.2, 0.25) is 11.8 Å². The third-order valence-electron chi connectivity index (χ3n) is 3.68. The second-order valence-electron chi connectivity index (χ2n) is 5.55. The molecule has 0 spiro atoms. The number of nitrogens with one attached hydrogen (secondary N) is 2. The van der Waals surface area contributed by atoms with Crippen molar-refractivity contribution in [3.8, 4) is 0 Å². The topological polar surface area (TPSA) is 58.2 Å². The third-order valence-corrected chi connectivity index (χ3v) is 3.94. The van der Waals surface area contributed by atoms with Crippen molar-refractivity contribution < 1.29 is 9.59 Å². The van der Waals surface area contributed by atoms with Crippen LogP contribution in [0.4, 0.5) is 0 Å². The molecule has 0 fully saturated rings. The SMILES string of the molecule is CC(=O)NCCNC(=O)C[C@@H](c1ccccc1)c1ccc(Cl)cc1. The highest BCUT2D eigenvalue weighted by atomic mass is 35.5. The van der Waals surface area contributed by atoms with Crippen molar-refractivity contribution in [2.24, 2.45) is 0 Å². The Balaban J connectivity index is 2.05. The Morgan fingerprint density at radius 2 is 1.50 bits per heavy atom. The lowest BCUT2D eigenvalue weighted by atomic mass is 9.88. The smallest absolute Gasteiger partial charge is 0.221 e. The molecular formula is C19H21ClN2O2. The Morgan fingerprint density at radius 1 is 0.917 bits per heavy atom. The van der Waals surface area contributed by atoms with Crippen LogP contribution in [0, 0.1) is 0 Å². The first-order valence-electron chi connectivity index (χ1n) is 7.88. The molecule has 0 aliphatic rings. The largest absolute Gasteiger partial charge is 0.355 e. The molecule has 2 aromatic carbocycles. The van der Waals surface area contributed by atoms with E-state index in [-0.39, 0.29) is 17.7 Å². The van der Waals surface area contributed by atoms with Gasteiger partial charge in [-0.3, -0.25) is 9.59 Å². The Labute approximate surface area is 147 Å². The predicted octanol–water partition coefficient (Wildman–Crippen LogP) is 3.11. The van der Waals surface area contributed by atoms with Gasteiger partial charge >= 0.3 is 0 Å². The standard InChI is InChI=1S/C19H21ClN2O2/c1-14(23)21-11-12-22-19(24)13-18(15-5-3-2-4-6-15)16-7-9-17(20)10-8-16/h2-10,18H,11-13H2,1H3,(H,21,23)(H,22,24)/t18-/m0/s1. The summed E-state index contributed by atoms with van der Waals surface area (Å²) in [5, 5.41) is 6.17. The average molecular weight is 345 g/mol. The molecule has 0 unspecified atom stereocenters. The van der Waals surface area contributed by atoms with Gasteiger partial charge in [0, 0.05) is 37.4 Å². The van der Waals surface area contributed by atoms with Crippen molar-refractivity contribution in [3.63, 3.8) is 0 Å². The summed E-state index contributed by atoms with van der Waals surface area (Å²) in [6, 6.07) is 17.5. The van der Waals surface area contributed by atoms with Gasteiger partial charge in [-0.15, -0.1) is 0 Å². The van der Waals surface area contributed by atoms with Crippen molar-refractivity contribution >= 4 is 23.4 Å². The molecule has 0 saturated heterocycles. The Bertz CT molecular complexity index is 672. The highest BCUT2D eigenvalue weighted by Crippen LogP contribution is 2.28. The minimum absolute atomic E-state index is 0.0377. The van der Waals surface area contributed by atoms with Crippen molar-refractivity contribution in [3.05, 3.63) is 70.7 Å². The quantitative estimate of drug-likeness (QED) is 0.758. The fourth-order valence-corrected chi connectivity index (χ4v) is 2.63. The molecule has 2 N–H and O–H groups in total. The van der Waals surface area contributed by atoms with E-state index in [1.54, 1.807) is 0 Å². The fourth-order valence-electron chi connectivity index (χ4n) is 2.51. The lowest BCUT2D eigenvalue weighted by molar-refractivity contribution is -0.122. The fraction of sp³-hybridized carbons (Fsp3) is 0.263. The zero-order valence-electron chi connectivity index (χ0n) is 13.6. The number of carbonyl (C=O) groups excluding carboxylic acids is 2. The van der Waals surface area contributed by atoms with Gasteiger partial charge in [0.1, 0.15) is 0 Å². The summed E-state index contributed by atoms with van der Waals surface area (Å²) in [5.74, 6) is -0.194. The molecule has 0 bridgehead atoms. The first-order valence-corrected chi connectivity index (χ1v) is 8.25. The van der Waals surface area contributed by atoms with Gasteiger partial charge < -0.3 is 10.6 Å². The molecular weight excluding hydrogens is 324 g/mol. The maximum absolute atomic E-state index is 12.3. The summed E-state index contributed by atoms with van der Waals surface area (Å²) in [7, 11) is 0. The van der Waals surface area contributed by atoms with Gasteiger partial charge in [0.25, 0.3) is 0 Å². The van der Waals surface area contributed by atoms with Crippen molar-refractivity contribution in [2.45, 2.75) is 19.3 Å². The van der Waals surface area contributed by atoms with Gasteiger partial charge in [-0.2, -0.15) is 0 Å². The van der Waals surface area contributed by atoms with E-state index in [1.165, 1.54) is 6.92 Å². The van der Waals surface area contributed by atoms with Gasteiger partial charge in [0.15, 0.2) is 0 Å². The molecule has 4 nitrogen and oxygen atoms in total. The minimum atomic E-state index is -0.104. The van der Waals surface area contributed by atoms with Crippen LogP contribution in [-0.4, -0.2) is 24.9 Å². The number of carbonyl (C=O) groups is 2. The molecule has 2 rings (SSSR count). The van der Waals surface area contributed by atoms with Crippen LogP contribution < -0.4 is 10.6 Å². The molecule has 5 heteroatoms. The molecule has 0 saturated carbocycles. The van der Waals surface area contributed by atoms with Crippen LogP contribution in [0.15, 0.2) is 54.6 Å². The van der Waals surface area contributed by atoms with Crippen molar-refractivity contribution in [1.29, 1.82) is 0 Å². The lowest BCUT2D eigenvalue weighted by Crippen LogP contribution is -2.34. The van der Waals surface area contributed by atoms with E-state index < -0.39 is 0 Å². The Kier molecular flexibility index (Phi) is 6.82. The van der Waals surface area contributed by atoms with E-state index in [9.17, 15) is 9.59 Å². The molecule has 2 aromatic rings. The van der Waals surface area contributed by atoms with E-state index in [4.69, 9.17) is 11.6 Å². The van der Waals surface area contributed by atoms with Crippen LogP contribution in [0.25, 0.3) is 0 Å². The maximum Gasteiger partial charge on any atom is 0.221 e. The summed E-state index contributed by atoms with van der Waals surface area (Å²) >= 11 is 5.96. The number of hydrogen-bond acceptors (Lipinski definition) is 2. The molecule has 0 aliphatic heterocycles. The molecule has 2 amide bonds. The number of amides is 2. The first kappa shape index (κ1) is 18.0. The van der Waals surface area contributed by atoms with Crippen LogP contribution in [0.5, 0.6) is 0 Å². The predicted molar refractivity (Wildman–Crippen MR) is 96.0 cm³/mol. The second-order valence-corrected chi connectivity index (χ2v) is 5.99. The lowest BCUT2D eigenvalue weighted by Gasteiger charge is -2.18. The van der Waals surface area contributed by atoms with Crippen LogP contribution >= 0.6 is 11.6 Å². The summed E-state index contributed by atoms with van der Waals surface area (Å²) in [5.41, 5.74) is 2.12. The minimum Gasteiger partial charge on any atom is -0.355 e. The van der Waals surface area contributed by atoms with E-state index in [1.807, 2.05) is 54.6 Å². The van der Waals surface area contributed by atoms with E-state index >= 15 is 0 Å². The van der Waals surface area contributed by atoms with Gasteiger partial charge in [-0.25, -0.2) is 0 Å². The molecule has 0 heterocycles. The second kappa shape index (κ2) is 9.08. The molecule has 24 heavy (non-hydrogen) atoms. The van der Waals surface area contributed by atoms with Crippen molar-refractivity contribution in [1.82, 2.24) is 10.6 Å². The summed E-state index contributed by atoms with van der Waals surface area (Å²) < 4.78 is 0. The van der Waals surface area contributed by atoms with E-state index in [0.717, 1.165) is 11.1 Å². The van der Waals surface area contributed by atoms with E-state index in [2.05, 4.69) is 10.6 Å². The van der Waals surface area contributed by atoms with Crippen LogP contribution in [0.1, 0.15) is 30.4 Å². The summed E-state index contributed by atoms with van der Waals surface area (Å²) in [4.78, 5) is 23.1. The maximum atomic E-state index is 12.3. The normalized spacial score (nSPS) is 11.6. The molecule has 126 valence electrons. The molecule has 0 radical (unpaired) electrons. The first-order chi connectivity index (χ1) is 11.6. The average Bonchev–Trinajstić information content (AvgIpc) is 2.58. The van der Waals surface area contributed by atoms with Crippen molar-refractivity contribution in [2.75, 3.05) is 13.1 Å². The van der Waals surface area contributed by atoms with Crippen LogP contribution in [0.2, 0.25) is 5.02 Å². The molecule has 0 aliphatic carbocycles. The number of halogens is 1. The number of rotatable bonds is 7. The zero-order valence-corrected chi connectivity index (χ0v) is 14.3.